The van der Waals surface area contributed by atoms with Gasteiger partial charge in [0.1, 0.15) is 23.9 Å². The lowest BCUT2D eigenvalue weighted by Crippen LogP contribution is -2.30. The van der Waals surface area contributed by atoms with Gasteiger partial charge in [0.05, 0.1) is 5.56 Å². The van der Waals surface area contributed by atoms with Crippen molar-refractivity contribution < 1.29 is 18.7 Å². The van der Waals surface area contributed by atoms with E-state index in [1.54, 1.807) is 42.5 Å². The van der Waals surface area contributed by atoms with Gasteiger partial charge < -0.3 is 9.47 Å². The first kappa shape index (κ1) is 21.6. The molecule has 2 fully saturated rings. The number of ether oxygens (including phenoxy) is 2. The molecule has 31 heavy (non-hydrogen) atoms. The highest BCUT2D eigenvalue weighted by atomic mass is 19.1. The number of hydrogen-bond donors (Lipinski definition) is 0. The molecule has 0 N–H and O–H groups in total. The maximum atomic E-state index is 15.0. The number of hydrogen-bond acceptors (Lipinski definition) is 3. The third-order valence-electron chi connectivity index (χ3n) is 6.95. The number of rotatable bonds is 6. The zero-order chi connectivity index (χ0) is 21.8. The molecule has 0 heterocycles. The van der Waals surface area contributed by atoms with Crippen LogP contribution in [0.4, 0.5) is 4.39 Å². The van der Waals surface area contributed by atoms with E-state index in [2.05, 4.69) is 13.5 Å². The highest BCUT2D eigenvalue weighted by Gasteiger charge is 2.35. The second-order valence-corrected chi connectivity index (χ2v) is 9.15. The lowest BCUT2D eigenvalue weighted by Gasteiger charge is -2.41. The van der Waals surface area contributed by atoms with Gasteiger partial charge in [-0.1, -0.05) is 32.1 Å². The Morgan fingerprint density at radius 3 is 2.48 bits per heavy atom. The summed E-state index contributed by atoms with van der Waals surface area (Å²) < 4.78 is 25.8. The quantitative estimate of drug-likeness (QED) is 0.288. The van der Waals surface area contributed by atoms with Crippen LogP contribution in [0, 0.1) is 23.6 Å². The average molecular weight is 423 g/mol. The minimum Gasteiger partial charge on any atom is -0.490 e. The molecule has 1 unspecified atom stereocenters. The molecule has 0 saturated heterocycles. The molecular formula is C27H31FO3. The zero-order valence-electron chi connectivity index (χ0n) is 18.2. The SMILES string of the molecule is C=CCOc1ccc(OC(=O)c2ccc(C3CC[C@H]4C[C@@H](C)CC[C@@H]4C3)c(F)c2)cc1. The minimum absolute atomic E-state index is 0.230. The van der Waals surface area contributed by atoms with E-state index < -0.39 is 5.97 Å². The van der Waals surface area contributed by atoms with Crippen molar-refractivity contribution in [3.63, 3.8) is 0 Å². The van der Waals surface area contributed by atoms with Crippen molar-refractivity contribution >= 4 is 5.97 Å². The molecule has 4 atom stereocenters. The fourth-order valence-corrected chi connectivity index (χ4v) is 5.32. The van der Waals surface area contributed by atoms with Crippen LogP contribution < -0.4 is 9.47 Å². The smallest absolute Gasteiger partial charge is 0.343 e. The number of halogens is 1. The maximum Gasteiger partial charge on any atom is 0.343 e. The molecule has 2 aromatic carbocycles. The molecule has 3 nitrogen and oxygen atoms in total. The van der Waals surface area contributed by atoms with E-state index in [1.807, 2.05) is 0 Å². The summed E-state index contributed by atoms with van der Waals surface area (Å²) in [6, 6.07) is 11.6. The van der Waals surface area contributed by atoms with Crippen LogP contribution >= 0.6 is 0 Å². The Morgan fingerprint density at radius 2 is 1.74 bits per heavy atom. The fraction of sp³-hybridized carbons (Fsp3) is 0.444. The van der Waals surface area contributed by atoms with E-state index >= 15 is 0 Å². The molecule has 0 bridgehead atoms. The monoisotopic (exact) mass is 422 g/mol. The van der Waals surface area contributed by atoms with Gasteiger partial charge in [-0.25, -0.2) is 9.18 Å². The Balaban J connectivity index is 1.39. The average Bonchev–Trinajstić information content (AvgIpc) is 2.78. The Morgan fingerprint density at radius 1 is 1.03 bits per heavy atom. The van der Waals surface area contributed by atoms with Crippen LogP contribution in [-0.4, -0.2) is 12.6 Å². The predicted molar refractivity (Wildman–Crippen MR) is 120 cm³/mol. The van der Waals surface area contributed by atoms with Crippen LogP contribution in [0.3, 0.4) is 0 Å². The summed E-state index contributed by atoms with van der Waals surface area (Å²) in [7, 11) is 0. The minimum atomic E-state index is -0.560. The summed E-state index contributed by atoms with van der Waals surface area (Å²) in [5.41, 5.74) is 0.978. The molecule has 0 aliphatic heterocycles. The molecule has 0 aromatic heterocycles. The van der Waals surface area contributed by atoms with E-state index in [-0.39, 0.29) is 17.3 Å². The lowest BCUT2D eigenvalue weighted by molar-refractivity contribution is 0.0734. The van der Waals surface area contributed by atoms with Crippen LogP contribution in [-0.2, 0) is 0 Å². The van der Waals surface area contributed by atoms with Gasteiger partial charge in [-0.05, 0) is 97.7 Å². The van der Waals surface area contributed by atoms with Gasteiger partial charge in [0.15, 0.2) is 0 Å². The number of carbonyl (C=O) groups is 1. The topological polar surface area (TPSA) is 35.5 Å². The van der Waals surface area contributed by atoms with Gasteiger partial charge in [0, 0.05) is 0 Å². The first-order valence-electron chi connectivity index (χ1n) is 11.4. The van der Waals surface area contributed by atoms with E-state index in [0.717, 1.165) is 36.2 Å². The lowest BCUT2D eigenvalue weighted by atomic mass is 9.64. The Kier molecular flexibility index (Phi) is 6.74. The molecular weight excluding hydrogens is 391 g/mol. The van der Waals surface area contributed by atoms with Crippen molar-refractivity contribution in [2.24, 2.45) is 17.8 Å². The summed E-state index contributed by atoms with van der Waals surface area (Å²) in [6.45, 7) is 6.37. The largest absolute Gasteiger partial charge is 0.490 e. The zero-order valence-corrected chi connectivity index (χ0v) is 18.2. The number of benzene rings is 2. The molecule has 0 spiro atoms. The molecule has 2 aliphatic rings. The molecule has 2 aliphatic carbocycles. The van der Waals surface area contributed by atoms with Crippen molar-refractivity contribution in [2.75, 3.05) is 6.61 Å². The highest BCUT2D eigenvalue weighted by Crippen LogP contribution is 2.47. The Labute approximate surface area is 184 Å². The summed E-state index contributed by atoms with van der Waals surface area (Å²) >= 11 is 0. The van der Waals surface area contributed by atoms with Gasteiger partial charge in [-0.15, -0.1) is 0 Å². The molecule has 0 amide bonds. The maximum absolute atomic E-state index is 15.0. The standard InChI is InChI=1S/C27H31FO3/c1-3-14-30-23-9-11-24(12-10-23)31-27(29)22-8-13-25(26(28)17-22)21-7-6-19-15-18(2)4-5-20(19)16-21/h3,8-13,17-21H,1,4-7,14-16H2,2H3/t18-,19-,20+,21?/m0/s1. The molecule has 4 heteroatoms. The predicted octanol–water partition coefficient (Wildman–Crippen LogP) is 6.93. The van der Waals surface area contributed by atoms with Gasteiger partial charge in [-0.2, -0.15) is 0 Å². The second-order valence-electron chi connectivity index (χ2n) is 9.15. The van der Waals surface area contributed by atoms with Gasteiger partial charge in [-0.3, -0.25) is 0 Å². The van der Waals surface area contributed by atoms with Crippen LogP contribution in [0.1, 0.15) is 67.3 Å². The van der Waals surface area contributed by atoms with Crippen LogP contribution in [0.25, 0.3) is 0 Å². The van der Waals surface area contributed by atoms with Gasteiger partial charge in [0.2, 0.25) is 0 Å². The summed E-state index contributed by atoms with van der Waals surface area (Å²) in [5.74, 6) is 2.81. The summed E-state index contributed by atoms with van der Waals surface area (Å²) in [4.78, 5) is 12.5. The first-order chi connectivity index (χ1) is 15.0. The number of fused-ring (bicyclic) bond motifs is 1. The van der Waals surface area contributed by atoms with Crippen LogP contribution in [0.15, 0.2) is 55.1 Å². The highest BCUT2D eigenvalue weighted by molar-refractivity contribution is 5.91. The van der Waals surface area contributed by atoms with Crippen molar-refractivity contribution in [1.29, 1.82) is 0 Å². The molecule has 164 valence electrons. The van der Waals surface area contributed by atoms with Gasteiger partial charge in [0.25, 0.3) is 0 Å². The summed E-state index contributed by atoms with van der Waals surface area (Å²) in [6.07, 6.45) is 8.84. The van der Waals surface area contributed by atoms with Crippen molar-refractivity contribution in [1.82, 2.24) is 0 Å². The van der Waals surface area contributed by atoms with Gasteiger partial charge >= 0.3 is 5.97 Å². The first-order valence-corrected chi connectivity index (χ1v) is 11.4. The third-order valence-corrected chi connectivity index (χ3v) is 6.95. The normalized spacial score (nSPS) is 25.4. The summed E-state index contributed by atoms with van der Waals surface area (Å²) in [5, 5.41) is 0. The fourth-order valence-electron chi connectivity index (χ4n) is 5.32. The van der Waals surface area contributed by atoms with Crippen molar-refractivity contribution in [3.8, 4) is 11.5 Å². The molecule has 2 saturated carbocycles. The number of carbonyl (C=O) groups excluding carboxylic acids is 1. The van der Waals surface area contributed by atoms with E-state index in [4.69, 9.17) is 9.47 Å². The Bertz CT molecular complexity index is 921. The molecule has 0 radical (unpaired) electrons. The number of esters is 1. The van der Waals surface area contributed by atoms with Crippen molar-refractivity contribution in [3.05, 3.63) is 72.1 Å². The second kappa shape index (κ2) is 9.67. The molecule has 4 rings (SSSR count). The van der Waals surface area contributed by atoms with E-state index in [0.29, 0.717) is 18.1 Å². The van der Waals surface area contributed by atoms with Crippen LogP contribution in [0.2, 0.25) is 0 Å². The van der Waals surface area contributed by atoms with Crippen molar-refractivity contribution in [2.45, 2.75) is 51.4 Å². The third kappa shape index (κ3) is 5.17. The molecule has 2 aromatic rings. The van der Waals surface area contributed by atoms with E-state index in [9.17, 15) is 9.18 Å². The van der Waals surface area contributed by atoms with Crippen LogP contribution in [0.5, 0.6) is 11.5 Å². The Hall–Kier alpha value is -2.62. The van der Waals surface area contributed by atoms with E-state index in [1.165, 1.54) is 31.7 Å².